The lowest BCUT2D eigenvalue weighted by molar-refractivity contribution is -0.148. The molecule has 0 bridgehead atoms. The summed E-state index contributed by atoms with van der Waals surface area (Å²) in [5.74, 6) is -2.48. The van der Waals surface area contributed by atoms with Gasteiger partial charge in [-0.1, -0.05) is 137 Å². The minimum atomic E-state index is -1.06. The zero-order valence-corrected chi connectivity index (χ0v) is 57.4. The van der Waals surface area contributed by atoms with E-state index >= 15 is 0 Å². The molecule has 21 heteroatoms. The Labute approximate surface area is 551 Å². The van der Waals surface area contributed by atoms with Crippen molar-refractivity contribution in [3.8, 4) is 0 Å². The van der Waals surface area contributed by atoms with Crippen LogP contribution < -0.4 is 21.7 Å². The van der Waals surface area contributed by atoms with Crippen molar-refractivity contribution in [3.63, 3.8) is 0 Å². The Morgan fingerprint density at radius 2 is 0.935 bits per heavy atom. The second kappa shape index (κ2) is 33.8. The molecular weight excluding hydrogens is 1180 g/mol. The predicted molar refractivity (Wildman–Crippen MR) is 359 cm³/mol. The van der Waals surface area contributed by atoms with E-state index < -0.39 is 71.5 Å². The van der Waals surface area contributed by atoms with Crippen LogP contribution in [-0.4, -0.2) is 183 Å². The van der Waals surface area contributed by atoms with E-state index in [1.54, 1.807) is 58.3 Å². The van der Waals surface area contributed by atoms with Crippen LogP contribution in [0.3, 0.4) is 0 Å². The molecule has 2 aliphatic heterocycles. The Bertz CT molecular complexity index is 3150. The molecule has 21 nitrogen and oxygen atoms in total. The summed E-state index contributed by atoms with van der Waals surface area (Å²) in [5.41, 5.74) is 12.1. The van der Waals surface area contributed by atoms with Crippen molar-refractivity contribution < 1.29 is 52.9 Å². The third-order valence-corrected chi connectivity index (χ3v) is 17.5. The highest BCUT2D eigenvalue weighted by atomic mass is 16.6. The van der Waals surface area contributed by atoms with E-state index in [2.05, 4.69) is 80.3 Å². The number of carbonyl (C=O) groups is 8. The maximum Gasteiger partial charge on any atom is 0.410 e. The monoisotopic (exact) mass is 1280 g/mol. The molecule has 4 aromatic rings. The number of aryl methyl sites for hydroxylation is 2. The van der Waals surface area contributed by atoms with Gasteiger partial charge in [0.15, 0.2) is 0 Å². The van der Waals surface area contributed by atoms with Gasteiger partial charge in [0.2, 0.25) is 29.5 Å². The fraction of sp³-hybridized carbons (Fsp3) is 0.556. The van der Waals surface area contributed by atoms with Gasteiger partial charge in [-0.15, -0.1) is 0 Å². The molecule has 8 atom stereocenters. The maximum absolute atomic E-state index is 14.3. The number of likely N-dealkylation sites (N-methyl/N-ethyl adjacent to an activating group) is 2. The first-order valence-corrected chi connectivity index (χ1v) is 32.9. The second-order valence-electron chi connectivity index (χ2n) is 27.7. The van der Waals surface area contributed by atoms with Gasteiger partial charge in [0.05, 0.1) is 18.1 Å². The van der Waals surface area contributed by atoms with E-state index in [-0.39, 0.29) is 47.5 Å². The number of benzene rings is 4. The smallest absolute Gasteiger partial charge is 0.410 e. The van der Waals surface area contributed by atoms with Crippen molar-refractivity contribution in [2.24, 2.45) is 17.6 Å². The fourth-order valence-corrected chi connectivity index (χ4v) is 11.7. The summed E-state index contributed by atoms with van der Waals surface area (Å²) in [6, 6.07) is 32.2. The van der Waals surface area contributed by atoms with E-state index in [1.165, 1.54) is 48.2 Å². The quantitative estimate of drug-likeness (QED) is 0.0665. The Kier molecular flexibility index (Phi) is 27.0. The molecule has 4 aromatic carbocycles. The lowest BCUT2D eigenvalue weighted by Gasteiger charge is -2.43. The van der Waals surface area contributed by atoms with Crippen molar-refractivity contribution in [2.45, 2.75) is 194 Å². The average Bonchev–Trinajstić information content (AvgIpc) is 0.818. The summed E-state index contributed by atoms with van der Waals surface area (Å²) >= 11 is 0. The highest BCUT2D eigenvalue weighted by molar-refractivity contribution is 5.94. The first kappa shape index (κ1) is 74.2. The van der Waals surface area contributed by atoms with Crippen LogP contribution >= 0.6 is 0 Å². The molecule has 0 aromatic heterocycles. The molecule has 2 heterocycles. The molecule has 2 fully saturated rings. The predicted octanol–water partition coefficient (Wildman–Crippen LogP) is 8.49. The van der Waals surface area contributed by atoms with E-state index in [4.69, 9.17) is 20.3 Å². The normalized spacial score (nSPS) is 19.6. The van der Waals surface area contributed by atoms with E-state index in [0.717, 1.165) is 67.6 Å². The van der Waals surface area contributed by atoms with Crippen LogP contribution in [0.15, 0.2) is 109 Å². The largest absolute Gasteiger partial charge is 0.480 e. The van der Waals surface area contributed by atoms with Crippen LogP contribution in [0.25, 0.3) is 0 Å². The molecule has 2 aliphatic carbocycles. The lowest BCUT2D eigenvalue weighted by atomic mass is 9.87. The molecule has 93 heavy (non-hydrogen) atoms. The van der Waals surface area contributed by atoms with Gasteiger partial charge >= 0.3 is 18.2 Å². The Hall–Kier alpha value is -7.88. The molecule has 508 valence electrons. The molecule has 0 spiro atoms. The molecule has 0 saturated carbocycles. The van der Waals surface area contributed by atoms with Crippen LogP contribution in [-0.2, 0) is 64.2 Å². The van der Waals surface area contributed by atoms with Crippen LogP contribution in [0.1, 0.15) is 154 Å². The van der Waals surface area contributed by atoms with Crippen LogP contribution in [0.4, 0.5) is 9.59 Å². The van der Waals surface area contributed by atoms with Gasteiger partial charge in [-0.05, 0) is 139 Å². The molecular formula is C72H104N10O11. The van der Waals surface area contributed by atoms with Crippen molar-refractivity contribution in [2.75, 3.05) is 53.4 Å². The van der Waals surface area contributed by atoms with Crippen LogP contribution in [0.5, 0.6) is 0 Å². The summed E-state index contributed by atoms with van der Waals surface area (Å²) in [6.07, 6.45) is 4.56. The lowest BCUT2D eigenvalue weighted by Crippen LogP contribution is -2.65. The van der Waals surface area contributed by atoms with Crippen molar-refractivity contribution in [1.82, 2.24) is 45.3 Å². The number of ether oxygens (including phenoxy) is 2. The number of nitrogens with one attached hydrogen (secondary N) is 3. The zero-order chi connectivity index (χ0) is 68.5. The summed E-state index contributed by atoms with van der Waals surface area (Å²) in [7, 11) is 2.90. The minimum Gasteiger partial charge on any atom is -0.480 e. The number of hydrogen-bond donors (Lipinski definition) is 5. The van der Waals surface area contributed by atoms with Crippen molar-refractivity contribution >= 4 is 47.7 Å². The molecule has 1 unspecified atom stereocenters. The van der Waals surface area contributed by atoms with Crippen molar-refractivity contribution in [3.05, 3.63) is 143 Å². The third-order valence-electron chi connectivity index (χ3n) is 17.5. The molecule has 0 radical (unpaired) electrons. The van der Waals surface area contributed by atoms with Crippen LogP contribution in [0.2, 0.25) is 0 Å². The Morgan fingerprint density at radius 1 is 0.548 bits per heavy atom. The highest BCUT2D eigenvalue weighted by Gasteiger charge is 2.43. The number of carboxylic acid groups (broad SMARTS) is 1. The SMILES string of the molecule is CC(C)[C@H](N)C(=O)N1CCN(Cc2ccccc2)C[C@H]1C(=O)N[C@@H]1CCCc2ccccc21.CC(C)[C@H](NC(=O)[C@H](C)N(C)C(=O)OC(C)(C)C)C(=O)N1CCN(Cc2ccccc2)C[C@H]1C(=O)NC1CCCc2ccccc21.C[C@@H](C(=O)O)N(C)C(=O)OC(C)(C)C. The maximum atomic E-state index is 14.3. The number of amides is 7. The fourth-order valence-electron chi connectivity index (χ4n) is 11.7. The molecule has 7 amide bonds. The van der Waals surface area contributed by atoms with E-state index in [0.29, 0.717) is 39.3 Å². The molecule has 4 aliphatic rings. The number of carboxylic acids is 1. The number of nitrogens with zero attached hydrogens (tertiary/aromatic N) is 6. The van der Waals surface area contributed by atoms with Crippen LogP contribution in [0, 0.1) is 11.8 Å². The second-order valence-corrected chi connectivity index (χ2v) is 27.7. The van der Waals surface area contributed by atoms with Gasteiger partial charge in [0.1, 0.15) is 41.4 Å². The number of fused-ring (bicyclic) bond motifs is 2. The molecule has 8 rings (SSSR count). The highest BCUT2D eigenvalue weighted by Crippen LogP contribution is 2.32. The van der Waals surface area contributed by atoms with E-state index in [1.807, 2.05) is 82.3 Å². The first-order chi connectivity index (χ1) is 43.8. The Balaban J connectivity index is 0.000000253. The number of piperazine rings is 2. The number of carbonyl (C=O) groups excluding carboxylic acids is 7. The van der Waals surface area contributed by atoms with Gasteiger partial charge < -0.3 is 46.1 Å². The number of rotatable bonds is 17. The first-order valence-electron chi connectivity index (χ1n) is 32.9. The van der Waals surface area contributed by atoms with Gasteiger partial charge in [-0.25, -0.2) is 14.4 Å². The van der Waals surface area contributed by atoms with Gasteiger partial charge in [0.25, 0.3) is 0 Å². The standard InChI is InChI=1S/C36H51N5O5.C27H36N4O2.C9H17NO4/c1-24(2)31(38-32(42)25(3)39(7)35(45)46-36(4,5)6)34(44)41-21-20-40(22-26-14-9-8-10-15-26)23-30(41)33(43)37-29-19-13-17-27-16-11-12-18-28(27)29;1-19(2)25(28)27(33)31-16-15-30(17-20-9-4-3-5-10-20)18-24(31)26(32)29-23-14-8-12-21-11-6-7-13-22(21)23;1-6(7(11)12)10(5)8(13)14-9(2,3)4/h8-12,14-16,18,24-25,29-31H,13,17,19-23H2,1-7H3,(H,37,43)(H,38,42);3-7,9-11,13,19,23-25H,8,12,14-18,28H2,1-2H3,(H,29,32);6H,1-5H3,(H,11,12)/t25-,29?,30-,31-;23-,24+,25+;6-/m010/s1. The number of aliphatic carboxylic acids is 1. The van der Waals surface area contributed by atoms with Gasteiger partial charge in [-0.2, -0.15) is 0 Å². The summed E-state index contributed by atoms with van der Waals surface area (Å²) in [6.45, 7) is 25.6. The third kappa shape index (κ3) is 21.6. The van der Waals surface area contributed by atoms with E-state index in [9.17, 15) is 38.4 Å². The average molecular weight is 1290 g/mol. The van der Waals surface area contributed by atoms with Gasteiger partial charge in [0, 0.05) is 66.5 Å². The Morgan fingerprint density at radius 3 is 1.32 bits per heavy atom. The topological polar surface area (TPSA) is 257 Å². The summed E-state index contributed by atoms with van der Waals surface area (Å²) in [4.78, 5) is 113. The molecule has 2 saturated heterocycles. The summed E-state index contributed by atoms with van der Waals surface area (Å²) in [5, 5.41) is 18.1. The number of hydrogen-bond acceptors (Lipinski definition) is 13. The van der Waals surface area contributed by atoms with Crippen molar-refractivity contribution in [1.29, 1.82) is 0 Å². The number of nitrogens with two attached hydrogens (primary N) is 1. The molecule has 6 N–H and O–H groups in total. The zero-order valence-electron chi connectivity index (χ0n) is 57.4. The van der Waals surface area contributed by atoms with Gasteiger partial charge in [-0.3, -0.25) is 43.6 Å². The minimum absolute atomic E-state index is 0.0114. The summed E-state index contributed by atoms with van der Waals surface area (Å²) < 4.78 is 10.4.